The molecule has 1 amide bonds. The quantitative estimate of drug-likeness (QED) is 0.638. The molecule has 0 heterocycles. The van der Waals surface area contributed by atoms with Crippen molar-refractivity contribution >= 4 is 11.9 Å². The number of methoxy groups -OCH3 is 1. The lowest BCUT2D eigenvalue weighted by atomic mass is 10.1. The van der Waals surface area contributed by atoms with Gasteiger partial charge in [0.1, 0.15) is 6.54 Å². The summed E-state index contributed by atoms with van der Waals surface area (Å²) < 4.78 is 4.38. The van der Waals surface area contributed by atoms with E-state index in [1.54, 1.807) is 0 Å². The Kier molecular flexibility index (Phi) is 2.40. The highest BCUT2D eigenvalue weighted by molar-refractivity contribution is 6.00. The predicted octanol–water partition coefficient (Wildman–Crippen LogP) is 0.242. The third kappa shape index (κ3) is 2.31. The molecule has 0 aliphatic heterocycles. The largest absolute Gasteiger partial charge is 0.468 e. The Morgan fingerprint density at radius 1 is 1.54 bits per heavy atom. The van der Waals surface area contributed by atoms with Crippen LogP contribution in [0.15, 0.2) is 11.6 Å². The second kappa shape index (κ2) is 3.20. The normalized spacial score (nSPS) is 17.3. The van der Waals surface area contributed by atoms with E-state index in [4.69, 9.17) is 0 Å². The Labute approximate surface area is 76.9 Å². The van der Waals surface area contributed by atoms with E-state index in [-0.39, 0.29) is 17.9 Å². The molecular formula is C9H13NO3. The lowest BCUT2D eigenvalue weighted by Crippen LogP contribution is -2.30. The zero-order valence-electron chi connectivity index (χ0n) is 8.01. The molecule has 4 heteroatoms. The molecule has 0 spiro atoms. The van der Waals surface area contributed by atoms with Crippen LogP contribution < -0.4 is 5.32 Å². The number of hydrogen-bond donors (Lipinski definition) is 1. The summed E-state index contributed by atoms with van der Waals surface area (Å²) in [5.41, 5.74) is 0.636. The smallest absolute Gasteiger partial charge is 0.325 e. The molecule has 72 valence electrons. The summed E-state index contributed by atoms with van der Waals surface area (Å²) in [5, 5.41) is 2.47. The molecule has 0 aromatic heterocycles. The molecule has 0 unspecified atom stereocenters. The first-order valence-electron chi connectivity index (χ1n) is 4.06. The van der Waals surface area contributed by atoms with Gasteiger partial charge in [-0.15, -0.1) is 0 Å². The van der Waals surface area contributed by atoms with Gasteiger partial charge in [-0.25, -0.2) is 0 Å². The Balaban J connectivity index is 2.28. The van der Waals surface area contributed by atoms with E-state index in [9.17, 15) is 9.59 Å². The highest BCUT2D eigenvalue weighted by Crippen LogP contribution is 2.42. The molecule has 1 N–H and O–H groups in total. The van der Waals surface area contributed by atoms with Crippen molar-refractivity contribution in [3.05, 3.63) is 11.6 Å². The van der Waals surface area contributed by atoms with Crippen LogP contribution in [0, 0.1) is 5.41 Å². The highest BCUT2D eigenvalue weighted by Gasteiger charge is 2.38. The molecule has 13 heavy (non-hydrogen) atoms. The van der Waals surface area contributed by atoms with E-state index >= 15 is 0 Å². The van der Waals surface area contributed by atoms with Crippen LogP contribution in [0.2, 0.25) is 0 Å². The van der Waals surface area contributed by atoms with Gasteiger partial charge < -0.3 is 10.1 Å². The molecule has 0 aromatic carbocycles. The number of carbonyl (C=O) groups excluding carboxylic acids is 2. The fourth-order valence-corrected chi connectivity index (χ4v) is 1.00. The van der Waals surface area contributed by atoms with E-state index < -0.39 is 5.97 Å². The van der Waals surface area contributed by atoms with Crippen molar-refractivity contribution in [3.63, 3.8) is 0 Å². The zero-order chi connectivity index (χ0) is 10.1. The van der Waals surface area contributed by atoms with Crippen molar-refractivity contribution in [3.8, 4) is 0 Å². The van der Waals surface area contributed by atoms with Crippen LogP contribution in [-0.2, 0) is 14.3 Å². The molecule has 0 bridgehead atoms. The van der Waals surface area contributed by atoms with E-state index in [1.807, 2.05) is 19.9 Å². The Bertz CT molecular complexity index is 279. The Morgan fingerprint density at radius 3 is 2.46 bits per heavy atom. The lowest BCUT2D eigenvalue weighted by molar-refractivity contribution is -0.140. The first-order chi connectivity index (χ1) is 5.97. The maximum atomic E-state index is 11.3. The van der Waals surface area contributed by atoms with Gasteiger partial charge in [-0.2, -0.15) is 0 Å². The molecule has 1 aliphatic carbocycles. The second-order valence-electron chi connectivity index (χ2n) is 3.54. The summed E-state index contributed by atoms with van der Waals surface area (Å²) >= 11 is 0. The fourth-order valence-electron chi connectivity index (χ4n) is 1.00. The third-order valence-electron chi connectivity index (χ3n) is 1.98. The molecule has 1 rings (SSSR count). The first kappa shape index (κ1) is 9.77. The van der Waals surface area contributed by atoms with Crippen molar-refractivity contribution in [1.29, 1.82) is 0 Å². The van der Waals surface area contributed by atoms with Crippen LogP contribution in [0.4, 0.5) is 0 Å². The average Bonchev–Trinajstić information content (AvgIpc) is 2.70. The van der Waals surface area contributed by atoms with Crippen LogP contribution >= 0.6 is 0 Å². The number of ether oxygens (including phenoxy) is 1. The van der Waals surface area contributed by atoms with Crippen LogP contribution in [0.5, 0.6) is 0 Å². The number of carbonyl (C=O) groups is 2. The van der Waals surface area contributed by atoms with Crippen LogP contribution in [0.1, 0.15) is 13.8 Å². The number of rotatable bonds is 3. The number of hydrogen-bond acceptors (Lipinski definition) is 3. The van der Waals surface area contributed by atoms with Gasteiger partial charge in [0.2, 0.25) is 5.91 Å². The number of esters is 1. The average molecular weight is 183 g/mol. The topological polar surface area (TPSA) is 55.4 Å². The van der Waals surface area contributed by atoms with Crippen molar-refractivity contribution in [1.82, 2.24) is 5.32 Å². The van der Waals surface area contributed by atoms with Gasteiger partial charge in [-0.05, 0) is 0 Å². The molecule has 0 radical (unpaired) electrons. The van der Waals surface area contributed by atoms with Gasteiger partial charge in [-0.1, -0.05) is 19.9 Å². The predicted molar refractivity (Wildman–Crippen MR) is 46.9 cm³/mol. The minimum absolute atomic E-state index is 0.0667. The van der Waals surface area contributed by atoms with Crippen molar-refractivity contribution in [2.24, 2.45) is 5.41 Å². The second-order valence-corrected chi connectivity index (χ2v) is 3.54. The lowest BCUT2D eigenvalue weighted by Gasteiger charge is -2.04. The van der Waals surface area contributed by atoms with E-state index in [1.165, 1.54) is 7.11 Å². The summed E-state index contributed by atoms with van der Waals surface area (Å²) in [6.45, 7) is 3.82. The SMILES string of the molecule is COC(=O)CNC(=O)C1=CC1(C)C. The zero-order valence-corrected chi connectivity index (χ0v) is 8.01. The van der Waals surface area contributed by atoms with Gasteiger partial charge in [0, 0.05) is 11.0 Å². The van der Waals surface area contributed by atoms with Gasteiger partial charge in [0.05, 0.1) is 7.11 Å². The molecule has 0 fully saturated rings. The van der Waals surface area contributed by atoms with Gasteiger partial charge in [-0.3, -0.25) is 9.59 Å². The maximum absolute atomic E-state index is 11.3. The molecule has 0 saturated heterocycles. The van der Waals surface area contributed by atoms with Crippen molar-refractivity contribution < 1.29 is 14.3 Å². The van der Waals surface area contributed by atoms with E-state index in [2.05, 4.69) is 10.1 Å². The molecule has 4 nitrogen and oxygen atoms in total. The van der Waals surface area contributed by atoms with Crippen LogP contribution in [0.3, 0.4) is 0 Å². The summed E-state index contributed by atoms with van der Waals surface area (Å²) in [7, 11) is 1.29. The third-order valence-corrected chi connectivity index (χ3v) is 1.98. The van der Waals surface area contributed by atoms with Crippen LogP contribution in [0.25, 0.3) is 0 Å². The Hall–Kier alpha value is -1.32. The number of nitrogens with one attached hydrogen (secondary N) is 1. The maximum Gasteiger partial charge on any atom is 0.325 e. The van der Waals surface area contributed by atoms with Crippen molar-refractivity contribution in [2.75, 3.05) is 13.7 Å². The summed E-state index contributed by atoms with van der Waals surface area (Å²) in [5.74, 6) is -0.622. The van der Waals surface area contributed by atoms with Gasteiger partial charge in [0.25, 0.3) is 0 Å². The van der Waals surface area contributed by atoms with Gasteiger partial charge >= 0.3 is 5.97 Å². The molecule has 0 aromatic rings. The van der Waals surface area contributed by atoms with E-state index in [0.717, 1.165) is 5.57 Å². The molecule has 0 atom stereocenters. The minimum atomic E-state index is -0.438. The van der Waals surface area contributed by atoms with Crippen LogP contribution in [-0.4, -0.2) is 25.5 Å². The van der Waals surface area contributed by atoms with E-state index in [0.29, 0.717) is 0 Å². The summed E-state index contributed by atoms with van der Waals surface area (Å²) in [6.07, 6.45) is 1.86. The first-order valence-corrected chi connectivity index (χ1v) is 4.06. The standard InChI is InChI=1S/C9H13NO3/c1-9(2)4-6(9)8(12)10-5-7(11)13-3/h4H,5H2,1-3H3,(H,10,12). The molecule has 1 aliphatic rings. The van der Waals surface area contributed by atoms with Gasteiger partial charge in [0.15, 0.2) is 0 Å². The van der Waals surface area contributed by atoms with Crippen molar-refractivity contribution in [2.45, 2.75) is 13.8 Å². The summed E-state index contributed by atoms with van der Waals surface area (Å²) in [6, 6.07) is 0. The fraction of sp³-hybridized carbons (Fsp3) is 0.556. The minimum Gasteiger partial charge on any atom is -0.468 e. The number of allylic oxidation sites excluding steroid dienone is 1. The number of amides is 1. The highest BCUT2D eigenvalue weighted by atomic mass is 16.5. The summed E-state index contributed by atoms with van der Waals surface area (Å²) in [4.78, 5) is 21.9. The monoisotopic (exact) mass is 183 g/mol. The molecular weight excluding hydrogens is 170 g/mol. The Morgan fingerprint density at radius 2 is 2.08 bits per heavy atom. The molecule has 0 saturated carbocycles.